The zero-order valence-electron chi connectivity index (χ0n) is 9.57. The van der Waals surface area contributed by atoms with Crippen LogP contribution in [-0.2, 0) is 10.0 Å². The number of sulfonamides is 1. The fourth-order valence-corrected chi connectivity index (χ4v) is 3.45. The van der Waals surface area contributed by atoms with E-state index in [0.29, 0.717) is 13.1 Å². The number of nitrogens with two attached hydrogens (primary N) is 1. The molecule has 0 aromatic heterocycles. The number of nitrogen functional groups attached to an aromatic ring is 1. The van der Waals surface area contributed by atoms with Crippen LogP contribution in [0.3, 0.4) is 0 Å². The van der Waals surface area contributed by atoms with Gasteiger partial charge >= 0.3 is 0 Å². The summed E-state index contributed by atoms with van der Waals surface area (Å²) in [5, 5.41) is 0.411. The summed E-state index contributed by atoms with van der Waals surface area (Å²) in [5.41, 5.74) is 5.78. The first-order valence-corrected chi connectivity index (χ1v) is 7.28. The van der Waals surface area contributed by atoms with E-state index in [1.807, 2.05) is 0 Å². The molecular formula is C10H14Cl2N2O2S. The van der Waals surface area contributed by atoms with E-state index in [9.17, 15) is 8.42 Å². The quantitative estimate of drug-likeness (QED) is 0.869. The first-order valence-electron chi connectivity index (χ1n) is 5.09. The van der Waals surface area contributed by atoms with Crippen molar-refractivity contribution in [3.8, 4) is 0 Å². The Kier molecular flexibility index (Phi) is 4.66. The highest BCUT2D eigenvalue weighted by molar-refractivity contribution is 7.89. The van der Waals surface area contributed by atoms with Crippen LogP contribution in [0.25, 0.3) is 0 Å². The summed E-state index contributed by atoms with van der Waals surface area (Å²) in [6.07, 6.45) is 0. The standard InChI is InChI=1S/C10H14Cl2N2O2S/c1-3-14(4-2)17(15,16)10-6-8(12)7(11)5-9(10)13/h5-6H,3-4,13H2,1-2H3. The maximum absolute atomic E-state index is 12.2. The predicted octanol–water partition coefficient (Wildman–Crippen LogP) is 2.61. The minimum absolute atomic E-state index is 0.00407. The molecule has 1 rings (SSSR count). The number of anilines is 1. The molecule has 0 aliphatic carbocycles. The van der Waals surface area contributed by atoms with E-state index in [0.717, 1.165) is 0 Å². The van der Waals surface area contributed by atoms with E-state index >= 15 is 0 Å². The fraction of sp³-hybridized carbons (Fsp3) is 0.400. The van der Waals surface area contributed by atoms with Gasteiger partial charge in [-0.1, -0.05) is 37.0 Å². The molecule has 1 aromatic rings. The van der Waals surface area contributed by atoms with E-state index in [1.54, 1.807) is 13.8 Å². The lowest BCUT2D eigenvalue weighted by molar-refractivity contribution is 0.445. The lowest BCUT2D eigenvalue weighted by Crippen LogP contribution is -2.31. The molecule has 0 saturated heterocycles. The van der Waals surface area contributed by atoms with Crippen LogP contribution in [0.5, 0.6) is 0 Å². The highest BCUT2D eigenvalue weighted by Crippen LogP contribution is 2.31. The highest BCUT2D eigenvalue weighted by atomic mass is 35.5. The number of nitrogens with zero attached hydrogens (tertiary/aromatic N) is 1. The number of hydrogen-bond acceptors (Lipinski definition) is 3. The first-order chi connectivity index (χ1) is 7.84. The van der Waals surface area contributed by atoms with E-state index in [-0.39, 0.29) is 20.6 Å². The summed E-state index contributed by atoms with van der Waals surface area (Å²) in [6, 6.07) is 2.63. The molecule has 0 fully saturated rings. The Balaban J connectivity index is 3.38. The lowest BCUT2D eigenvalue weighted by Gasteiger charge is -2.19. The summed E-state index contributed by atoms with van der Waals surface area (Å²) in [4.78, 5) is -0.00407. The molecule has 0 saturated carbocycles. The number of hydrogen-bond donors (Lipinski definition) is 1. The number of halogens is 2. The third-order valence-electron chi connectivity index (χ3n) is 2.38. The molecule has 0 radical (unpaired) electrons. The van der Waals surface area contributed by atoms with Crippen molar-refractivity contribution in [2.24, 2.45) is 0 Å². The van der Waals surface area contributed by atoms with Crippen molar-refractivity contribution in [2.75, 3.05) is 18.8 Å². The van der Waals surface area contributed by atoms with Gasteiger partial charge in [-0.2, -0.15) is 4.31 Å². The third kappa shape index (κ3) is 2.85. The maximum atomic E-state index is 12.2. The van der Waals surface area contributed by atoms with Crippen LogP contribution >= 0.6 is 23.2 Å². The summed E-state index contributed by atoms with van der Waals surface area (Å²) in [6.45, 7) is 4.26. The normalized spacial score (nSPS) is 12.1. The molecule has 0 bridgehead atoms. The van der Waals surface area contributed by atoms with E-state index < -0.39 is 10.0 Å². The van der Waals surface area contributed by atoms with Crippen molar-refractivity contribution in [3.05, 3.63) is 22.2 Å². The lowest BCUT2D eigenvalue weighted by atomic mass is 10.3. The topological polar surface area (TPSA) is 63.4 Å². The van der Waals surface area contributed by atoms with Gasteiger partial charge in [-0.15, -0.1) is 0 Å². The monoisotopic (exact) mass is 296 g/mol. The van der Waals surface area contributed by atoms with Crippen LogP contribution in [0.1, 0.15) is 13.8 Å². The Morgan fingerprint density at radius 3 is 2.12 bits per heavy atom. The molecule has 96 valence electrons. The van der Waals surface area contributed by atoms with Crippen molar-refractivity contribution in [1.29, 1.82) is 0 Å². The minimum Gasteiger partial charge on any atom is -0.398 e. The van der Waals surface area contributed by atoms with Gasteiger partial charge in [-0.3, -0.25) is 0 Å². The predicted molar refractivity (Wildman–Crippen MR) is 71.0 cm³/mol. The average molecular weight is 297 g/mol. The van der Waals surface area contributed by atoms with E-state index in [1.165, 1.54) is 16.4 Å². The Bertz CT molecular complexity index is 513. The van der Waals surface area contributed by atoms with Crippen molar-refractivity contribution >= 4 is 38.9 Å². The Labute approximate surface area is 111 Å². The van der Waals surface area contributed by atoms with Gasteiger partial charge < -0.3 is 5.73 Å². The van der Waals surface area contributed by atoms with Gasteiger partial charge in [0.15, 0.2) is 0 Å². The molecule has 0 amide bonds. The molecule has 0 aliphatic rings. The van der Waals surface area contributed by atoms with Crippen molar-refractivity contribution in [1.82, 2.24) is 4.31 Å². The molecule has 1 aromatic carbocycles. The molecule has 0 spiro atoms. The number of rotatable bonds is 4. The molecule has 0 heterocycles. The van der Waals surface area contributed by atoms with Gasteiger partial charge in [0.25, 0.3) is 0 Å². The molecular weight excluding hydrogens is 283 g/mol. The molecule has 4 nitrogen and oxygen atoms in total. The molecule has 2 N–H and O–H groups in total. The van der Waals surface area contributed by atoms with Crippen LogP contribution < -0.4 is 5.73 Å². The third-order valence-corrected chi connectivity index (χ3v) is 5.20. The summed E-state index contributed by atoms with van der Waals surface area (Å²) < 4.78 is 25.8. The van der Waals surface area contributed by atoms with Crippen molar-refractivity contribution in [3.63, 3.8) is 0 Å². The van der Waals surface area contributed by atoms with Gasteiger partial charge in [0, 0.05) is 13.1 Å². The molecule has 0 atom stereocenters. The van der Waals surface area contributed by atoms with E-state index in [2.05, 4.69) is 0 Å². The Morgan fingerprint density at radius 2 is 1.65 bits per heavy atom. The Hall–Kier alpha value is -0.490. The molecule has 17 heavy (non-hydrogen) atoms. The number of benzene rings is 1. The van der Waals surface area contributed by atoms with Gasteiger partial charge in [-0.25, -0.2) is 8.42 Å². The summed E-state index contributed by atoms with van der Waals surface area (Å²) >= 11 is 11.6. The van der Waals surface area contributed by atoms with Gasteiger partial charge in [0.2, 0.25) is 10.0 Å². The van der Waals surface area contributed by atoms with Crippen LogP contribution in [0.4, 0.5) is 5.69 Å². The van der Waals surface area contributed by atoms with Crippen LogP contribution in [0.2, 0.25) is 10.0 Å². The molecule has 0 unspecified atom stereocenters. The van der Waals surface area contributed by atoms with Crippen LogP contribution in [0, 0.1) is 0 Å². The van der Waals surface area contributed by atoms with Crippen molar-refractivity contribution in [2.45, 2.75) is 18.7 Å². The van der Waals surface area contributed by atoms with Crippen LogP contribution in [0.15, 0.2) is 17.0 Å². The van der Waals surface area contributed by atoms with Gasteiger partial charge in [0.1, 0.15) is 4.90 Å². The van der Waals surface area contributed by atoms with Crippen LogP contribution in [-0.4, -0.2) is 25.8 Å². The smallest absolute Gasteiger partial charge is 0.245 e. The highest BCUT2D eigenvalue weighted by Gasteiger charge is 2.25. The minimum atomic E-state index is -3.61. The van der Waals surface area contributed by atoms with Gasteiger partial charge in [0.05, 0.1) is 15.7 Å². The van der Waals surface area contributed by atoms with E-state index in [4.69, 9.17) is 28.9 Å². The van der Waals surface area contributed by atoms with Gasteiger partial charge in [-0.05, 0) is 12.1 Å². The second kappa shape index (κ2) is 5.44. The zero-order valence-corrected chi connectivity index (χ0v) is 11.9. The van der Waals surface area contributed by atoms with Crippen molar-refractivity contribution < 1.29 is 8.42 Å². The second-order valence-electron chi connectivity index (χ2n) is 3.39. The molecule has 0 aliphatic heterocycles. The zero-order chi connectivity index (χ0) is 13.2. The average Bonchev–Trinajstić information content (AvgIpc) is 2.24. The second-order valence-corrected chi connectivity index (χ2v) is 6.11. The summed E-state index contributed by atoms with van der Waals surface area (Å²) in [5.74, 6) is 0. The molecule has 7 heteroatoms. The Morgan fingerprint density at radius 1 is 1.18 bits per heavy atom. The maximum Gasteiger partial charge on any atom is 0.245 e. The summed E-state index contributed by atoms with van der Waals surface area (Å²) in [7, 11) is -3.61. The fourth-order valence-electron chi connectivity index (χ4n) is 1.47. The largest absolute Gasteiger partial charge is 0.398 e. The SMILES string of the molecule is CCN(CC)S(=O)(=O)c1cc(Cl)c(Cl)cc1N. The first kappa shape index (κ1) is 14.6.